The van der Waals surface area contributed by atoms with Crippen molar-refractivity contribution in [2.75, 3.05) is 13.2 Å². The van der Waals surface area contributed by atoms with Crippen LogP contribution >= 0.6 is 15.9 Å². The molecule has 1 rings (SSSR count). The molecule has 0 saturated carbocycles. The molecule has 1 atom stereocenters. The van der Waals surface area contributed by atoms with E-state index >= 15 is 0 Å². The fourth-order valence-electron chi connectivity index (χ4n) is 1.36. The zero-order valence-electron chi connectivity index (χ0n) is 9.00. The molecule has 0 fully saturated rings. The summed E-state index contributed by atoms with van der Waals surface area (Å²) in [5.41, 5.74) is 1.50. The number of hydrogen-bond acceptors (Lipinski definition) is 3. The largest absolute Gasteiger partial charge is 0.394 e. The number of benzene rings is 1. The van der Waals surface area contributed by atoms with E-state index in [4.69, 9.17) is 10.2 Å². The zero-order chi connectivity index (χ0) is 12.1. The van der Waals surface area contributed by atoms with Crippen molar-refractivity contribution in [3.63, 3.8) is 0 Å². The first-order valence-electron chi connectivity index (χ1n) is 4.98. The average Bonchev–Trinajstić information content (AvgIpc) is 2.24. The summed E-state index contributed by atoms with van der Waals surface area (Å²) >= 11 is 3.14. The van der Waals surface area contributed by atoms with Crippen molar-refractivity contribution in [3.8, 4) is 0 Å². The normalized spacial score (nSPS) is 12.8. The van der Waals surface area contributed by atoms with E-state index in [-0.39, 0.29) is 19.0 Å². The van der Waals surface area contributed by atoms with Crippen LogP contribution in [0.2, 0.25) is 0 Å². The van der Waals surface area contributed by atoms with Crippen molar-refractivity contribution in [3.05, 3.63) is 33.5 Å². The summed E-state index contributed by atoms with van der Waals surface area (Å²) < 4.78 is 14.0. The van der Waals surface area contributed by atoms with E-state index in [1.54, 1.807) is 12.1 Å². The second-order valence-corrected chi connectivity index (χ2v) is 4.54. The Kier molecular flexibility index (Phi) is 5.34. The number of hydrogen-bond donors (Lipinski definition) is 3. The lowest BCUT2D eigenvalue weighted by Gasteiger charge is -2.10. The standard InChI is InChI=1S/C11H15BrFNO2/c1-7-2-8(11(13)10(12)3-7)4-14-5-9(16)6-15/h2-3,9,14-16H,4-6H2,1H3/t9-/m0/s1. The first-order valence-corrected chi connectivity index (χ1v) is 5.78. The van der Waals surface area contributed by atoms with Gasteiger partial charge in [0.25, 0.3) is 0 Å². The molecule has 1 aromatic rings. The second kappa shape index (κ2) is 6.30. The summed E-state index contributed by atoms with van der Waals surface area (Å²) in [5.74, 6) is -0.295. The van der Waals surface area contributed by atoms with Gasteiger partial charge in [0.2, 0.25) is 0 Å². The lowest BCUT2D eigenvalue weighted by atomic mass is 10.1. The first-order chi connectivity index (χ1) is 7.54. The van der Waals surface area contributed by atoms with Gasteiger partial charge >= 0.3 is 0 Å². The molecule has 0 aliphatic rings. The molecule has 90 valence electrons. The van der Waals surface area contributed by atoms with Crippen molar-refractivity contribution in [2.45, 2.75) is 19.6 Å². The fourth-order valence-corrected chi connectivity index (χ4v) is 1.98. The fraction of sp³-hybridized carbons (Fsp3) is 0.455. The maximum absolute atomic E-state index is 13.6. The monoisotopic (exact) mass is 291 g/mol. The highest BCUT2D eigenvalue weighted by Crippen LogP contribution is 2.20. The third kappa shape index (κ3) is 3.83. The minimum absolute atomic E-state index is 0.238. The van der Waals surface area contributed by atoms with Crippen LogP contribution in [0.1, 0.15) is 11.1 Å². The Bertz CT molecular complexity index is 360. The molecular weight excluding hydrogens is 277 g/mol. The molecule has 0 spiro atoms. The Morgan fingerprint density at radius 1 is 1.50 bits per heavy atom. The summed E-state index contributed by atoms with van der Waals surface area (Å²) in [5, 5.41) is 20.6. The average molecular weight is 292 g/mol. The molecule has 0 saturated heterocycles. The molecule has 0 aliphatic heterocycles. The van der Waals surface area contributed by atoms with Crippen LogP contribution in [0.3, 0.4) is 0 Å². The van der Waals surface area contributed by atoms with Crippen molar-refractivity contribution < 1.29 is 14.6 Å². The predicted molar refractivity (Wildman–Crippen MR) is 63.6 cm³/mol. The summed E-state index contributed by atoms with van der Waals surface area (Å²) in [4.78, 5) is 0. The Morgan fingerprint density at radius 3 is 2.81 bits per heavy atom. The second-order valence-electron chi connectivity index (χ2n) is 3.69. The number of aryl methyl sites for hydroxylation is 1. The summed E-state index contributed by atoms with van der Waals surface area (Å²) in [6.45, 7) is 2.15. The molecule has 3 nitrogen and oxygen atoms in total. The molecule has 3 N–H and O–H groups in total. The third-order valence-electron chi connectivity index (χ3n) is 2.15. The van der Waals surface area contributed by atoms with E-state index in [1.165, 1.54) is 0 Å². The van der Waals surface area contributed by atoms with Gasteiger partial charge in [0.1, 0.15) is 5.82 Å². The predicted octanol–water partition coefficient (Wildman–Crippen LogP) is 1.34. The molecule has 0 radical (unpaired) electrons. The van der Waals surface area contributed by atoms with Crippen LogP contribution in [0.4, 0.5) is 4.39 Å². The van der Waals surface area contributed by atoms with Crippen LogP contribution in [-0.2, 0) is 6.54 Å². The van der Waals surface area contributed by atoms with Gasteiger partial charge in [-0.2, -0.15) is 0 Å². The number of aliphatic hydroxyl groups excluding tert-OH is 2. The molecule has 1 aromatic carbocycles. The van der Waals surface area contributed by atoms with Gasteiger partial charge < -0.3 is 15.5 Å². The van der Waals surface area contributed by atoms with Gasteiger partial charge in [0, 0.05) is 18.7 Å². The topological polar surface area (TPSA) is 52.5 Å². The van der Waals surface area contributed by atoms with Crippen molar-refractivity contribution >= 4 is 15.9 Å². The highest BCUT2D eigenvalue weighted by Gasteiger charge is 2.08. The lowest BCUT2D eigenvalue weighted by Crippen LogP contribution is -2.29. The Morgan fingerprint density at radius 2 is 2.19 bits per heavy atom. The highest BCUT2D eigenvalue weighted by molar-refractivity contribution is 9.10. The third-order valence-corrected chi connectivity index (χ3v) is 2.73. The van der Waals surface area contributed by atoms with Gasteiger partial charge in [-0.05, 0) is 34.5 Å². The van der Waals surface area contributed by atoms with Gasteiger partial charge in [-0.3, -0.25) is 0 Å². The van der Waals surface area contributed by atoms with Crippen LogP contribution in [0, 0.1) is 12.7 Å². The van der Waals surface area contributed by atoms with E-state index in [0.717, 1.165) is 5.56 Å². The number of aliphatic hydroxyl groups is 2. The summed E-state index contributed by atoms with van der Waals surface area (Å²) in [6, 6.07) is 3.46. The highest BCUT2D eigenvalue weighted by atomic mass is 79.9. The Labute approximate surface area is 102 Å². The minimum Gasteiger partial charge on any atom is -0.394 e. The summed E-state index contributed by atoms with van der Waals surface area (Å²) in [7, 11) is 0. The Hall–Kier alpha value is -0.490. The van der Waals surface area contributed by atoms with Crippen LogP contribution in [0.5, 0.6) is 0 Å². The van der Waals surface area contributed by atoms with Gasteiger partial charge in [0.05, 0.1) is 17.2 Å². The Balaban J connectivity index is 2.60. The molecule has 5 heteroatoms. The van der Waals surface area contributed by atoms with Gasteiger partial charge in [0.15, 0.2) is 0 Å². The molecule has 0 aliphatic carbocycles. The molecule has 0 unspecified atom stereocenters. The summed E-state index contributed by atoms with van der Waals surface area (Å²) in [6.07, 6.45) is -0.809. The molecular formula is C11H15BrFNO2. The number of rotatable bonds is 5. The quantitative estimate of drug-likeness (QED) is 0.767. The van der Waals surface area contributed by atoms with Crippen LogP contribution in [0.25, 0.3) is 0 Å². The van der Waals surface area contributed by atoms with E-state index < -0.39 is 6.10 Å². The van der Waals surface area contributed by atoms with E-state index in [0.29, 0.717) is 16.6 Å². The lowest BCUT2D eigenvalue weighted by molar-refractivity contribution is 0.0941. The molecule has 0 heterocycles. The maximum Gasteiger partial charge on any atom is 0.141 e. The van der Waals surface area contributed by atoms with Crippen molar-refractivity contribution in [2.24, 2.45) is 0 Å². The van der Waals surface area contributed by atoms with Gasteiger partial charge in [-0.25, -0.2) is 4.39 Å². The van der Waals surface area contributed by atoms with Gasteiger partial charge in [-0.1, -0.05) is 6.07 Å². The van der Waals surface area contributed by atoms with Crippen molar-refractivity contribution in [1.82, 2.24) is 5.32 Å². The number of nitrogens with one attached hydrogen (secondary N) is 1. The van der Waals surface area contributed by atoms with Gasteiger partial charge in [-0.15, -0.1) is 0 Å². The zero-order valence-corrected chi connectivity index (χ0v) is 10.6. The molecule has 16 heavy (non-hydrogen) atoms. The SMILES string of the molecule is Cc1cc(Br)c(F)c(CNC[C@H](O)CO)c1. The van der Waals surface area contributed by atoms with Crippen LogP contribution in [0.15, 0.2) is 16.6 Å². The van der Waals surface area contributed by atoms with E-state index in [2.05, 4.69) is 21.2 Å². The minimum atomic E-state index is -0.809. The van der Waals surface area contributed by atoms with Crippen LogP contribution in [-0.4, -0.2) is 29.5 Å². The smallest absolute Gasteiger partial charge is 0.141 e. The van der Waals surface area contributed by atoms with E-state index in [9.17, 15) is 4.39 Å². The molecule has 0 aromatic heterocycles. The first kappa shape index (κ1) is 13.6. The van der Waals surface area contributed by atoms with Crippen LogP contribution < -0.4 is 5.32 Å². The van der Waals surface area contributed by atoms with Crippen molar-refractivity contribution in [1.29, 1.82) is 0 Å². The maximum atomic E-state index is 13.6. The number of halogens is 2. The molecule has 0 amide bonds. The molecule has 0 bridgehead atoms. The van der Waals surface area contributed by atoms with E-state index in [1.807, 2.05) is 6.92 Å².